The summed E-state index contributed by atoms with van der Waals surface area (Å²) < 4.78 is 5.07. The fourth-order valence-electron chi connectivity index (χ4n) is 0.687. The summed E-state index contributed by atoms with van der Waals surface area (Å²) in [7, 11) is 0. The fourth-order valence-corrected chi connectivity index (χ4v) is 0.687. The minimum Gasteiger partial charge on any atom is -0.381 e. The zero-order valence-corrected chi connectivity index (χ0v) is 7.48. The van der Waals surface area contributed by atoms with Gasteiger partial charge in [0.25, 0.3) is 0 Å². The monoisotopic (exact) mass is 228 g/mol. The number of ether oxygens (including phenoxy) is 1. The summed E-state index contributed by atoms with van der Waals surface area (Å²) in [5.74, 6) is 0. The van der Waals surface area contributed by atoms with Crippen molar-refractivity contribution in [1.82, 2.24) is 0 Å². The Morgan fingerprint density at radius 3 is 1.62 bits per heavy atom. The van der Waals surface area contributed by atoms with Crippen LogP contribution in [0.3, 0.4) is 0 Å². The molecule has 0 amide bonds. The molecule has 1 aliphatic rings. The van der Waals surface area contributed by atoms with E-state index in [2.05, 4.69) is 22.6 Å². The van der Waals surface area contributed by atoms with Crippen molar-refractivity contribution in [3.8, 4) is 0 Å². The Bertz CT molecular complexity index is 24.0. The third-order valence-electron chi connectivity index (χ3n) is 1.08. The van der Waals surface area contributed by atoms with Gasteiger partial charge in [-0.3, -0.25) is 0 Å². The second-order valence-electron chi connectivity index (χ2n) is 1.67. The van der Waals surface area contributed by atoms with Crippen LogP contribution in [0.5, 0.6) is 0 Å². The van der Waals surface area contributed by atoms with Crippen LogP contribution >= 0.6 is 22.6 Å². The van der Waals surface area contributed by atoms with Crippen LogP contribution in [0.1, 0.15) is 19.3 Å². The molecule has 0 unspecified atom stereocenters. The summed E-state index contributed by atoms with van der Waals surface area (Å²) in [4.78, 5) is 1.97. The molecule has 1 rings (SSSR count). The van der Waals surface area contributed by atoms with Gasteiger partial charge in [0, 0.05) is 13.2 Å². The van der Waals surface area contributed by atoms with E-state index in [4.69, 9.17) is 4.74 Å². The van der Waals surface area contributed by atoms with Gasteiger partial charge in [0.15, 0.2) is 0 Å². The molecule has 0 bridgehead atoms. The molecule has 0 N–H and O–H groups in total. The molecule has 0 aliphatic carbocycles. The van der Waals surface area contributed by atoms with Crippen LogP contribution in [0.2, 0.25) is 0 Å². The standard InChI is InChI=1S/C5H10O.CH3I/c1-2-4-6-5-3-1;1-2/h1-5H2;1H3. The molecule has 1 nitrogen and oxygen atoms in total. The first-order chi connectivity index (χ1) is 4.00. The van der Waals surface area contributed by atoms with Crippen molar-refractivity contribution in [2.75, 3.05) is 18.1 Å². The molecule has 1 saturated heterocycles. The molecule has 1 aliphatic heterocycles. The molecule has 0 saturated carbocycles. The first-order valence-electron chi connectivity index (χ1n) is 2.96. The molecule has 0 aromatic heterocycles. The van der Waals surface area contributed by atoms with E-state index in [1.165, 1.54) is 19.3 Å². The Kier molecular flexibility index (Phi) is 8.35. The van der Waals surface area contributed by atoms with E-state index in [1.54, 1.807) is 0 Å². The van der Waals surface area contributed by atoms with Crippen molar-refractivity contribution in [2.24, 2.45) is 0 Å². The smallest absolute Gasteiger partial charge is 0.0466 e. The van der Waals surface area contributed by atoms with Gasteiger partial charge in [0.2, 0.25) is 0 Å². The van der Waals surface area contributed by atoms with Crippen molar-refractivity contribution in [1.29, 1.82) is 0 Å². The summed E-state index contributed by atoms with van der Waals surface area (Å²) in [6.07, 6.45) is 3.93. The fraction of sp³-hybridized carbons (Fsp3) is 1.00. The average molecular weight is 228 g/mol. The van der Waals surface area contributed by atoms with Gasteiger partial charge < -0.3 is 4.74 Å². The lowest BCUT2D eigenvalue weighted by Gasteiger charge is -2.08. The summed E-state index contributed by atoms with van der Waals surface area (Å²) >= 11 is 2.15. The second kappa shape index (κ2) is 7.69. The average Bonchev–Trinajstić information content (AvgIpc) is 1.96. The lowest BCUT2D eigenvalue weighted by molar-refractivity contribution is 0.0968. The SMILES string of the molecule is C1CCOCC1.CI. The molecule has 0 radical (unpaired) electrons. The number of hydrogen-bond acceptors (Lipinski definition) is 1. The van der Waals surface area contributed by atoms with Crippen LogP contribution < -0.4 is 0 Å². The quantitative estimate of drug-likeness (QED) is 0.456. The minimum atomic E-state index is 1.00. The molecule has 8 heavy (non-hydrogen) atoms. The normalized spacial score (nSPS) is 18.8. The number of hydrogen-bond donors (Lipinski definition) is 0. The molecular weight excluding hydrogens is 215 g/mol. The second-order valence-corrected chi connectivity index (χ2v) is 1.67. The molecule has 2 heteroatoms. The Hall–Kier alpha value is 0.690. The van der Waals surface area contributed by atoms with Crippen molar-refractivity contribution < 1.29 is 4.74 Å². The Morgan fingerprint density at radius 1 is 1.00 bits per heavy atom. The van der Waals surface area contributed by atoms with Crippen LogP contribution in [-0.4, -0.2) is 18.1 Å². The van der Waals surface area contributed by atoms with E-state index in [1.807, 2.05) is 4.93 Å². The third kappa shape index (κ3) is 4.84. The number of halogens is 1. The molecule has 0 atom stereocenters. The third-order valence-corrected chi connectivity index (χ3v) is 1.08. The van der Waals surface area contributed by atoms with E-state index in [0.29, 0.717) is 0 Å². The van der Waals surface area contributed by atoms with E-state index in [-0.39, 0.29) is 0 Å². The lowest BCUT2D eigenvalue weighted by atomic mass is 10.2. The summed E-state index contributed by atoms with van der Waals surface area (Å²) in [5.41, 5.74) is 0. The lowest BCUT2D eigenvalue weighted by Crippen LogP contribution is -2.03. The summed E-state index contributed by atoms with van der Waals surface area (Å²) in [6.45, 7) is 2.00. The summed E-state index contributed by atoms with van der Waals surface area (Å²) in [5, 5.41) is 0. The van der Waals surface area contributed by atoms with Crippen molar-refractivity contribution >= 4 is 22.6 Å². The van der Waals surface area contributed by atoms with Gasteiger partial charge in [-0.15, -0.1) is 0 Å². The molecule has 0 aromatic carbocycles. The first kappa shape index (κ1) is 8.69. The zero-order valence-electron chi connectivity index (χ0n) is 5.32. The van der Waals surface area contributed by atoms with Crippen LogP contribution in [0.15, 0.2) is 0 Å². The Labute approximate surface area is 64.9 Å². The number of rotatable bonds is 0. The maximum absolute atomic E-state index is 5.07. The van der Waals surface area contributed by atoms with Crippen molar-refractivity contribution in [2.45, 2.75) is 19.3 Å². The largest absolute Gasteiger partial charge is 0.381 e. The zero-order chi connectivity index (χ0) is 6.24. The highest BCUT2D eigenvalue weighted by Crippen LogP contribution is 2.02. The minimum absolute atomic E-state index is 1.00. The van der Waals surface area contributed by atoms with Gasteiger partial charge in [0.1, 0.15) is 0 Å². The molecular formula is C6H13IO. The first-order valence-corrected chi connectivity index (χ1v) is 5.11. The Morgan fingerprint density at radius 2 is 1.50 bits per heavy atom. The topological polar surface area (TPSA) is 9.23 Å². The van der Waals surface area contributed by atoms with Crippen LogP contribution in [0, 0.1) is 0 Å². The van der Waals surface area contributed by atoms with E-state index in [0.717, 1.165) is 13.2 Å². The van der Waals surface area contributed by atoms with Gasteiger partial charge in [-0.2, -0.15) is 0 Å². The Balaban J connectivity index is 0.000000222. The van der Waals surface area contributed by atoms with E-state index < -0.39 is 0 Å². The van der Waals surface area contributed by atoms with Crippen LogP contribution in [0.4, 0.5) is 0 Å². The summed E-state index contributed by atoms with van der Waals surface area (Å²) in [6, 6.07) is 0. The molecule has 1 heterocycles. The van der Waals surface area contributed by atoms with Gasteiger partial charge in [-0.1, -0.05) is 22.6 Å². The highest BCUT2D eigenvalue weighted by Gasteiger charge is 1.94. The molecule has 50 valence electrons. The van der Waals surface area contributed by atoms with E-state index in [9.17, 15) is 0 Å². The molecule has 1 fully saturated rings. The van der Waals surface area contributed by atoms with Crippen molar-refractivity contribution in [3.63, 3.8) is 0 Å². The van der Waals surface area contributed by atoms with Crippen LogP contribution in [-0.2, 0) is 4.74 Å². The van der Waals surface area contributed by atoms with Gasteiger partial charge >= 0.3 is 0 Å². The van der Waals surface area contributed by atoms with Crippen LogP contribution in [0.25, 0.3) is 0 Å². The number of alkyl halides is 1. The predicted octanol–water partition coefficient (Wildman–Crippen LogP) is 2.24. The van der Waals surface area contributed by atoms with E-state index >= 15 is 0 Å². The van der Waals surface area contributed by atoms with Crippen molar-refractivity contribution in [3.05, 3.63) is 0 Å². The molecule has 0 spiro atoms. The maximum Gasteiger partial charge on any atom is 0.0466 e. The molecule has 0 aromatic rings. The maximum atomic E-state index is 5.07. The van der Waals surface area contributed by atoms with Gasteiger partial charge in [-0.05, 0) is 24.2 Å². The van der Waals surface area contributed by atoms with Gasteiger partial charge in [-0.25, -0.2) is 0 Å². The predicted molar refractivity (Wildman–Crippen MR) is 44.6 cm³/mol. The highest BCUT2D eigenvalue weighted by molar-refractivity contribution is 14.1. The highest BCUT2D eigenvalue weighted by atomic mass is 127. The van der Waals surface area contributed by atoms with Gasteiger partial charge in [0.05, 0.1) is 0 Å².